The topological polar surface area (TPSA) is 106 Å². The van der Waals surface area contributed by atoms with E-state index < -0.39 is 35.7 Å². The average molecular weight is 501 g/mol. The highest BCUT2D eigenvalue weighted by molar-refractivity contribution is 6.42. The second kappa shape index (κ2) is 9.32. The van der Waals surface area contributed by atoms with E-state index in [1.807, 2.05) is 0 Å². The van der Waals surface area contributed by atoms with Crippen LogP contribution in [0.5, 0.6) is 0 Å². The van der Waals surface area contributed by atoms with Gasteiger partial charge >= 0.3 is 11.9 Å². The molecular formula is C24H18Cl2N2O6. The highest BCUT2D eigenvalue weighted by atomic mass is 35.5. The van der Waals surface area contributed by atoms with E-state index in [4.69, 9.17) is 27.9 Å². The van der Waals surface area contributed by atoms with Crippen LogP contribution >= 0.6 is 23.2 Å². The lowest BCUT2D eigenvalue weighted by atomic mass is 9.89. The molecule has 2 heterocycles. The van der Waals surface area contributed by atoms with Gasteiger partial charge in [-0.25, -0.2) is 4.79 Å². The number of carboxylic acid groups (broad SMARTS) is 1. The molecular weight excluding hydrogens is 483 g/mol. The van der Waals surface area contributed by atoms with Crippen LogP contribution in [0.4, 0.5) is 0 Å². The number of halogens is 2. The van der Waals surface area contributed by atoms with Gasteiger partial charge in [-0.05, 0) is 35.4 Å². The third kappa shape index (κ3) is 4.18. The first kappa shape index (κ1) is 23.5. The van der Waals surface area contributed by atoms with E-state index in [9.17, 15) is 24.3 Å². The Morgan fingerprint density at radius 2 is 1.68 bits per heavy atom. The van der Waals surface area contributed by atoms with Crippen LogP contribution in [0.25, 0.3) is 0 Å². The van der Waals surface area contributed by atoms with Crippen molar-refractivity contribution in [2.45, 2.75) is 25.1 Å². The van der Waals surface area contributed by atoms with Crippen molar-refractivity contribution in [2.24, 2.45) is 0 Å². The van der Waals surface area contributed by atoms with Crippen LogP contribution in [-0.4, -0.2) is 38.3 Å². The van der Waals surface area contributed by atoms with Crippen molar-refractivity contribution in [3.05, 3.63) is 93.7 Å². The second-order valence-corrected chi connectivity index (χ2v) is 8.52. The molecule has 3 aromatic rings. The highest BCUT2D eigenvalue weighted by Crippen LogP contribution is 2.35. The van der Waals surface area contributed by atoms with Crippen molar-refractivity contribution in [3.8, 4) is 0 Å². The summed E-state index contributed by atoms with van der Waals surface area (Å²) in [7, 11) is 0. The molecule has 0 radical (unpaired) electrons. The lowest BCUT2D eigenvalue weighted by Gasteiger charge is -2.39. The number of hydrogen-bond acceptors (Lipinski definition) is 5. The van der Waals surface area contributed by atoms with Crippen LogP contribution in [0.2, 0.25) is 10.0 Å². The number of carboxylic acids is 1. The van der Waals surface area contributed by atoms with Crippen molar-refractivity contribution >= 4 is 47.0 Å². The summed E-state index contributed by atoms with van der Waals surface area (Å²) < 4.78 is 6.50. The van der Waals surface area contributed by atoms with Gasteiger partial charge < -0.3 is 14.4 Å². The summed E-state index contributed by atoms with van der Waals surface area (Å²) in [6.45, 7) is -0.418. The predicted molar refractivity (Wildman–Crippen MR) is 122 cm³/mol. The molecule has 8 nitrogen and oxygen atoms in total. The predicted octanol–water partition coefficient (Wildman–Crippen LogP) is 3.89. The first-order valence-corrected chi connectivity index (χ1v) is 10.9. The molecule has 4 rings (SSSR count). The maximum Gasteiger partial charge on any atom is 0.343 e. The summed E-state index contributed by atoms with van der Waals surface area (Å²) in [5.41, 5.74) is -1.19. The zero-order valence-electron chi connectivity index (χ0n) is 17.6. The number of hydrogen-bond donors (Lipinski definition) is 1. The van der Waals surface area contributed by atoms with Crippen LogP contribution in [0, 0.1) is 0 Å². The molecule has 0 aliphatic carbocycles. The first-order valence-electron chi connectivity index (χ1n) is 10.1. The molecule has 1 atom stereocenters. The van der Waals surface area contributed by atoms with E-state index in [1.165, 1.54) is 30.5 Å². The fraction of sp³-hybridized carbons (Fsp3) is 0.167. The number of amides is 2. The van der Waals surface area contributed by atoms with Gasteiger partial charge in [-0.2, -0.15) is 0 Å². The molecule has 0 saturated heterocycles. The molecule has 0 spiro atoms. The van der Waals surface area contributed by atoms with Crippen molar-refractivity contribution in [1.82, 2.24) is 9.47 Å². The molecule has 2 amide bonds. The van der Waals surface area contributed by atoms with Gasteiger partial charge in [0.15, 0.2) is 0 Å². The van der Waals surface area contributed by atoms with Gasteiger partial charge in [-0.1, -0.05) is 59.6 Å². The van der Waals surface area contributed by atoms with Gasteiger partial charge in [-0.3, -0.25) is 19.3 Å². The minimum Gasteiger partial charge on any atom is -0.481 e. The Morgan fingerprint density at radius 3 is 2.35 bits per heavy atom. The Bertz CT molecular complexity index is 1290. The maximum absolute atomic E-state index is 13.7. The number of rotatable bonds is 7. The highest BCUT2D eigenvalue weighted by Gasteiger charge is 2.58. The molecule has 1 aliphatic rings. The van der Waals surface area contributed by atoms with Gasteiger partial charge in [0, 0.05) is 6.20 Å². The Morgan fingerprint density at radius 1 is 0.941 bits per heavy atom. The van der Waals surface area contributed by atoms with Gasteiger partial charge in [0.1, 0.15) is 12.3 Å². The fourth-order valence-corrected chi connectivity index (χ4v) is 4.21. The molecule has 1 unspecified atom stereocenters. The molecule has 0 bridgehead atoms. The molecule has 34 heavy (non-hydrogen) atoms. The molecule has 0 fully saturated rings. The molecule has 1 aliphatic heterocycles. The number of benzene rings is 2. The summed E-state index contributed by atoms with van der Waals surface area (Å²) in [6, 6.07) is 16.2. The average Bonchev–Trinajstić information content (AvgIpc) is 3.31. The summed E-state index contributed by atoms with van der Waals surface area (Å²) in [5, 5.41) is 10.2. The van der Waals surface area contributed by atoms with Crippen LogP contribution in [-0.2, 0) is 37.8 Å². The van der Waals surface area contributed by atoms with Crippen LogP contribution in [0.15, 0.2) is 66.9 Å². The Hall–Kier alpha value is -3.62. The monoisotopic (exact) mass is 500 g/mol. The number of aliphatic carboxylic acids is 1. The quantitative estimate of drug-likeness (QED) is 0.299. The molecule has 1 aromatic heterocycles. The van der Waals surface area contributed by atoms with E-state index in [-0.39, 0.29) is 23.9 Å². The second-order valence-electron chi connectivity index (χ2n) is 7.70. The van der Waals surface area contributed by atoms with Gasteiger partial charge in [0.2, 0.25) is 5.54 Å². The number of esters is 1. The number of imide groups is 1. The molecule has 174 valence electrons. The minimum atomic E-state index is -2.30. The SMILES string of the molecule is O=C(O)CC1(C(=O)OCc2ccccc2)C(=O)N(Cc2ccc(Cl)c(Cl)c2)C(=O)c2cccn21. The van der Waals surface area contributed by atoms with E-state index in [0.717, 1.165) is 9.47 Å². The number of nitrogens with zero attached hydrogens (tertiary/aromatic N) is 2. The Kier molecular flexibility index (Phi) is 6.45. The van der Waals surface area contributed by atoms with E-state index in [1.54, 1.807) is 36.4 Å². The zero-order chi connectivity index (χ0) is 24.5. The van der Waals surface area contributed by atoms with Crippen molar-refractivity contribution < 1.29 is 29.0 Å². The number of carbonyl (C=O) groups is 4. The van der Waals surface area contributed by atoms with E-state index in [2.05, 4.69) is 0 Å². The van der Waals surface area contributed by atoms with Crippen LogP contribution < -0.4 is 0 Å². The molecule has 2 aromatic carbocycles. The Balaban J connectivity index is 1.75. The zero-order valence-corrected chi connectivity index (χ0v) is 19.1. The van der Waals surface area contributed by atoms with Crippen molar-refractivity contribution in [1.29, 1.82) is 0 Å². The smallest absolute Gasteiger partial charge is 0.343 e. The minimum absolute atomic E-state index is 0.0161. The van der Waals surface area contributed by atoms with Crippen molar-refractivity contribution in [3.63, 3.8) is 0 Å². The summed E-state index contributed by atoms with van der Waals surface area (Å²) in [5.74, 6) is -4.17. The fourth-order valence-electron chi connectivity index (χ4n) is 3.89. The first-order chi connectivity index (χ1) is 16.2. The third-order valence-corrected chi connectivity index (χ3v) is 6.24. The number of fused-ring (bicyclic) bond motifs is 1. The lowest BCUT2D eigenvalue weighted by molar-refractivity contribution is -0.169. The number of carbonyl (C=O) groups excluding carboxylic acids is 3. The van der Waals surface area contributed by atoms with Crippen molar-refractivity contribution in [2.75, 3.05) is 0 Å². The van der Waals surface area contributed by atoms with Crippen LogP contribution in [0.3, 0.4) is 0 Å². The number of aromatic nitrogens is 1. The number of ether oxygens (including phenoxy) is 1. The Labute approximate surface area is 204 Å². The van der Waals surface area contributed by atoms with Gasteiger partial charge in [-0.15, -0.1) is 0 Å². The standard InChI is InChI=1S/C24H18Cl2N2O6/c25-17-9-8-16(11-18(17)26)13-27-21(31)19-7-4-10-28(19)24(22(27)32,12-20(29)30)23(33)34-14-15-5-2-1-3-6-15/h1-11H,12-14H2,(H,29,30). The largest absolute Gasteiger partial charge is 0.481 e. The summed E-state index contributed by atoms with van der Waals surface area (Å²) >= 11 is 12.0. The van der Waals surface area contributed by atoms with E-state index >= 15 is 0 Å². The normalized spacial score (nSPS) is 17.4. The molecule has 0 saturated carbocycles. The molecule has 1 N–H and O–H groups in total. The van der Waals surface area contributed by atoms with Gasteiger partial charge in [0.05, 0.1) is 23.0 Å². The third-order valence-electron chi connectivity index (χ3n) is 5.51. The van der Waals surface area contributed by atoms with Gasteiger partial charge in [0.25, 0.3) is 11.8 Å². The van der Waals surface area contributed by atoms with Crippen LogP contribution in [0.1, 0.15) is 28.0 Å². The summed E-state index contributed by atoms with van der Waals surface area (Å²) in [6.07, 6.45) is 0.417. The molecule has 10 heteroatoms. The maximum atomic E-state index is 13.7. The summed E-state index contributed by atoms with van der Waals surface area (Å²) in [4.78, 5) is 53.0. The van der Waals surface area contributed by atoms with E-state index in [0.29, 0.717) is 16.1 Å². The lowest BCUT2D eigenvalue weighted by Crippen LogP contribution is -2.62.